The molecule has 1 rings (SSSR count). The Hall–Kier alpha value is 0.1000. The van der Waals surface area contributed by atoms with Crippen LogP contribution >= 0.6 is 27.3 Å². The van der Waals surface area contributed by atoms with Gasteiger partial charge in [0.05, 0.1) is 9.39 Å². The molecule has 0 aliphatic rings. The van der Waals surface area contributed by atoms with Gasteiger partial charge in [0.1, 0.15) is 0 Å². The summed E-state index contributed by atoms with van der Waals surface area (Å²) in [5, 5.41) is 9.75. The van der Waals surface area contributed by atoms with Crippen LogP contribution in [-0.4, -0.2) is 28.7 Å². The second-order valence-corrected chi connectivity index (χ2v) is 6.87. The van der Waals surface area contributed by atoms with Crippen molar-refractivity contribution in [3.8, 4) is 0 Å². The molecule has 0 aromatic carbocycles. The summed E-state index contributed by atoms with van der Waals surface area (Å²) in [7, 11) is 0. The number of aliphatic hydroxyl groups is 1. The maximum atomic E-state index is 9.75. The lowest BCUT2D eigenvalue weighted by Gasteiger charge is -2.27. The fourth-order valence-corrected chi connectivity index (χ4v) is 3.01. The highest BCUT2D eigenvalue weighted by atomic mass is 79.9. The molecule has 0 bridgehead atoms. The van der Waals surface area contributed by atoms with Crippen LogP contribution in [0, 0.1) is 0 Å². The van der Waals surface area contributed by atoms with Gasteiger partial charge in [-0.1, -0.05) is 6.92 Å². The first-order chi connectivity index (χ1) is 6.90. The van der Waals surface area contributed by atoms with Crippen LogP contribution in [0.1, 0.15) is 25.6 Å². The van der Waals surface area contributed by atoms with Gasteiger partial charge in [-0.3, -0.25) is 4.90 Å². The Balaban J connectivity index is 2.54. The van der Waals surface area contributed by atoms with Crippen LogP contribution in [0.2, 0.25) is 0 Å². The molecule has 15 heavy (non-hydrogen) atoms. The Kier molecular flexibility index (Phi) is 4.77. The quantitative estimate of drug-likeness (QED) is 0.901. The van der Waals surface area contributed by atoms with Gasteiger partial charge in [-0.15, -0.1) is 11.3 Å². The molecule has 0 aliphatic heterocycles. The third kappa shape index (κ3) is 5.11. The van der Waals surface area contributed by atoms with Crippen LogP contribution in [0.4, 0.5) is 0 Å². The average molecular weight is 292 g/mol. The molecule has 4 heteroatoms. The summed E-state index contributed by atoms with van der Waals surface area (Å²) >= 11 is 5.21. The average Bonchev–Trinajstić information content (AvgIpc) is 2.47. The summed E-state index contributed by atoms with van der Waals surface area (Å²) < 4.78 is 1.16. The van der Waals surface area contributed by atoms with E-state index in [0.717, 1.165) is 16.9 Å². The predicted octanol–water partition coefficient (Wildman–Crippen LogP) is 3.10. The molecule has 0 spiro atoms. The maximum absolute atomic E-state index is 9.75. The van der Waals surface area contributed by atoms with E-state index in [1.165, 1.54) is 4.88 Å². The molecule has 1 N–H and O–H groups in total. The molecule has 0 unspecified atom stereocenters. The van der Waals surface area contributed by atoms with Crippen molar-refractivity contribution in [1.82, 2.24) is 4.90 Å². The summed E-state index contributed by atoms with van der Waals surface area (Å²) in [4.78, 5) is 3.58. The monoisotopic (exact) mass is 291 g/mol. The summed E-state index contributed by atoms with van der Waals surface area (Å²) in [5.41, 5.74) is -0.621. The lowest BCUT2D eigenvalue weighted by molar-refractivity contribution is 0.0356. The van der Waals surface area contributed by atoms with E-state index in [2.05, 4.69) is 39.9 Å². The summed E-state index contributed by atoms with van der Waals surface area (Å²) in [6.07, 6.45) is 0. The minimum Gasteiger partial charge on any atom is -0.389 e. The zero-order valence-electron chi connectivity index (χ0n) is 9.46. The van der Waals surface area contributed by atoms with Gasteiger partial charge in [0.15, 0.2) is 0 Å². The largest absolute Gasteiger partial charge is 0.389 e. The zero-order valence-corrected chi connectivity index (χ0v) is 11.9. The second-order valence-electron chi connectivity index (χ2n) is 4.32. The standard InChI is InChI=1S/C11H18BrNOS/c1-4-13(8-11(2,3)14)7-9-5-6-10(12)15-9/h5-6,14H,4,7-8H2,1-3H3. The number of nitrogens with zero attached hydrogens (tertiary/aromatic N) is 1. The lowest BCUT2D eigenvalue weighted by atomic mass is 10.1. The smallest absolute Gasteiger partial charge is 0.0718 e. The number of halogens is 1. The van der Waals surface area contributed by atoms with E-state index in [4.69, 9.17) is 0 Å². The first-order valence-corrected chi connectivity index (χ1v) is 6.70. The van der Waals surface area contributed by atoms with Crippen molar-refractivity contribution < 1.29 is 5.11 Å². The van der Waals surface area contributed by atoms with Gasteiger partial charge in [-0.2, -0.15) is 0 Å². The van der Waals surface area contributed by atoms with Gasteiger partial charge in [-0.25, -0.2) is 0 Å². The van der Waals surface area contributed by atoms with Crippen molar-refractivity contribution in [2.24, 2.45) is 0 Å². The Morgan fingerprint density at radius 2 is 2.13 bits per heavy atom. The summed E-state index contributed by atoms with van der Waals surface area (Å²) in [6, 6.07) is 4.19. The van der Waals surface area contributed by atoms with Crippen molar-refractivity contribution in [3.05, 3.63) is 20.8 Å². The van der Waals surface area contributed by atoms with Gasteiger partial charge in [0.2, 0.25) is 0 Å². The molecular formula is C11H18BrNOS. The lowest BCUT2D eigenvalue weighted by Crippen LogP contribution is -2.37. The molecule has 0 amide bonds. The van der Waals surface area contributed by atoms with Gasteiger partial charge < -0.3 is 5.11 Å². The normalized spacial score (nSPS) is 12.4. The summed E-state index contributed by atoms with van der Waals surface area (Å²) in [6.45, 7) is 8.39. The van der Waals surface area contributed by atoms with Crippen LogP contribution < -0.4 is 0 Å². The van der Waals surface area contributed by atoms with Gasteiger partial charge in [0, 0.05) is 18.0 Å². The van der Waals surface area contributed by atoms with E-state index < -0.39 is 5.60 Å². The fourth-order valence-electron chi connectivity index (χ4n) is 1.48. The number of hydrogen-bond donors (Lipinski definition) is 1. The Labute approximate surface area is 104 Å². The van der Waals surface area contributed by atoms with Crippen molar-refractivity contribution in [2.75, 3.05) is 13.1 Å². The Bertz CT molecular complexity index is 306. The van der Waals surface area contributed by atoms with E-state index in [-0.39, 0.29) is 0 Å². The molecule has 0 saturated carbocycles. The number of rotatable bonds is 5. The molecule has 86 valence electrons. The third-order valence-electron chi connectivity index (χ3n) is 2.07. The van der Waals surface area contributed by atoms with Crippen molar-refractivity contribution >= 4 is 27.3 Å². The van der Waals surface area contributed by atoms with E-state index in [1.807, 2.05) is 13.8 Å². The molecule has 0 saturated heterocycles. The van der Waals surface area contributed by atoms with Crippen LogP contribution in [0.5, 0.6) is 0 Å². The molecule has 2 nitrogen and oxygen atoms in total. The van der Waals surface area contributed by atoms with E-state index >= 15 is 0 Å². The molecule has 0 radical (unpaired) electrons. The Morgan fingerprint density at radius 1 is 1.47 bits per heavy atom. The third-order valence-corrected chi connectivity index (χ3v) is 3.67. The van der Waals surface area contributed by atoms with Crippen molar-refractivity contribution in [1.29, 1.82) is 0 Å². The van der Waals surface area contributed by atoms with Crippen LogP contribution in [-0.2, 0) is 6.54 Å². The van der Waals surface area contributed by atoms with E-state index in [1.54, 1.807) is 11.3 Å². The van der Waals surface area contributed by atoms with Gasteiger partial charge >= 0.3 is 0 Å². The predicted molar refractivity (Wildman–Crippen MR) is 69.3 cm³/mol. The molecule has 0 fully saturated rings. The molecule has 1 heterocycles. The highest BCUT2D eigenvalue weighted by Crippen LogP contribution is 2.23. The summed E-state index contributed by atoms with van der Waals surface area (Å²) in [5.74, 6) is 0. The number of likely N-dealkylation sites (N-methyl/N-ethyl adjacent to an activating group) is 1. The maximum Gasteiger partial charge on any atom is 0.0718 e. The van der Waals surface area contributed by atoms with Crippen molar-refractivity contribution in [2.45, 2.75) is 32.9 Å². The topological polar surface area (TPSA) is 23.5 Å². The molecule has 1 aromatic rings. The molecular weight excluding hydrogens is 274 g/mol. The van der Waals surface area contributed by atoms with Crippen molar-refractivity contribution in [3.63, 3.8) is 0 Å². The first-order valence-electron chi connectivity index (χ1n) is 5.09. The van der Waals surface area contributed by atoms with Gasteiger partial charge in [0.25, 0.3) is 0 Å². The number of hydrogen-bond acceptors (Lipinski definition) is 3. The second kappa shape index (κ2) is 5.43. The van der Waals surface area contributed by atoms with Gasteiger partial charge in [-0.05, 0) is 48.5 Å². The Morgan fingerprint density at radius 3 is 2.53 bits per heavy atom. The minimum absolute atomic E-state index is 0.621. The number of thiophene rings is 1. The zero-order chi connectivity index (χ0) is 11.5. The van der Waals surface area contributed by atoms with Crippen LogP contribution in [0.3, 0.4) is 0 Å². The SMILES string of the molecule is CCN(Cc1ccc(Br)s1)CC(C)(C)O. The molecule has 0 atom stereocenters. The highest BCUT2D eigenvalue weighted by Gasteiger charge is 2.17. The molecule has 0 aliphatic carbocycles. The van der Waals surface area contributed by atoms with E-state index in [9.17, 15) is 5.11 Å². The minimum atomic E-state index is -0.621. The van der Waals surface area contributed by atoms with E-state index in [0.29, 0.717) is 6.54 Å². The highest BCUT2D eigenvalue weighted by molar-refractivity contribution is 9.11. The first kappa shape index (κ1) is 13.2. The fraction of sp³-hybridized carbons (Fsp3) is 0.636. The molecule has 1 aromatic heterocycles. The van der Waals surface area contributed by atoms with Crippen LogP contribution in [0.25, 0.3) is 0 Å². The van der Waals surface area contributed by atoms with Crippen LogP contribution in [0.15, 0.2) is 15.9 Å².